The summed E-state index contributed by atoms with van der Waals surface area (Å²) in [6.07, 6.45) is 8.42. The number of halogens is 1. The Kier molecular flexibility index (Phi) is 5.53. The van der Waals surface area contributed by atoms with Crippen molar-refractivity contribution in [3.8, 4) is 16.9 Å². The van der Waals surface area contributed by atoms with Crippen molar-refractivity contribution in [1.82, 2.24) is 19.7 Å². The van der Waals surface area contributed by atoms with Crippen LogP contribution in [0.15, 0.2) is 48.9 Å². The minimum Gasteiger partial charge on any atom is -0.496 e. The van der Waals surface area contributed by atoms with Crippen molar-refractivity contribution in [2.24, 2.45) is 7.05 Å². The summed E-state index contributed by atoms with van der Waals surface area (Å²) in [6, 6.07) is 8.97. The van der Waals surface area contributed by atoms with Crippen LogP contribution in [0.4, 0.5) is 0 Å². The monoisotopic (exact) mass is 410 g/mol. The van der Waals surface area contributed by atoms with Crippen molar-refractivity contribution in [3.63, 3.8) is 0 Å². The summed E-state index contributed by atoms with van der Waals surface area (Å²) < 4.78 is 7.23. The molecule has 29 heavy (non-hydrogen) atoms. The van der Waals surface area contributed by atoms with Crippen molar-refractivity contribution in [1.29, 1.82) is 0 Å². The summed E-state index contributed by atoms with van der Waals surface area (Å²) in [4.78, 5) is 19.5. The van der Waals surface area contributed by atoms with Crippen LogP contribution in [0.2, 0.25) is 5.02 Å². The highest BCUT2D eigenvalue weighted by molar-refractivity contribution is 6.31. The van der Waals surface area contributed by atoms with E-state index in [1.807, 2.05) is 35.0 Å². The Labute approximate surface area is 175 Å². The smallest absolute Gasteiger partial charge is 0.258 e. The molecule has 1 fully saturated rings. The van der Waals surface area contributed by atoms with Gasteiger partial charge < -0.3 is 9.64 Å². The van der Waals surface area contributed by atoms with Gasteiger partial charge in [-0.2, -0.15) is 5.10 Å². The zero-order chi connectivity index (χ0) is 20.4. The summed E-state index contributed by atoms with van der Waals surface area (Å²) in [5.41, 5.74) is 3.46. The van der Waals surface area contributed by atoms with Crippen LogP contribution in [0, 0.1) is 0 Å². The van der Waals surface area contributed by atoms with Gasteiger partial charge in [0.2, 0.25) is 0 Å². The number of carbonyl (C=O) groups excluding carboxylic acids is 1. The van der Waals surface area contributed by atoms with Crippen molar-refractivity contribution >= 4 is 17.5 Å². The zero-order valence-electron chi connectivity index (χ0n) is 16.5. The number of ether oxygens (including phenoxy) is 1. The maximum Gasteiger partial charge on any atom is 0.258 e. The second-order valence-electron chi connectivity index (χ2n) is 7.19. The number of carbonyl (C=O) groups is 1. The fourth-order valence-electron chi connectivity index (χ4n) is 3.97. The van der Waals surface area contributed by atoms with Gasteiger partial charge in [-0.25, -0.2) is 0 Å². The predicted molar refractivity (Wildman–Crippen MR) is 112 cm³/mol. The van der Waals surface area contributed by atoms with Crippen LogP contribution in [0.3, 0.4) is 0 Å². The third-order valence-corrected chi connectivity index (χ3v) is 5.56. The van der Waals surface area contributed by atoms with Crippen LogP contribution in [-0.4, -0.2) is 39.2 Å². The van der Waals surface area contributed by atoms with Crippen molar-refractivity contribution in [2.45, 2.75) is 25.3 Å². The van der Waals surface area contributed by atoms with Gasteiger partial charge in [0.1, 0.15) is 5.75 Å². The summed E-state index contributed by atoms with van der Waals surface area (Å²) in [7, 11) is 3.47. The summed E-state index contributed by atoms with van der Waals surface area (Å²) >= 11 is 6.17. The van der Waals surface area contributed by atoms with Crippen molar-refractivity contribution in [2.75, 3.05) is 13.7 Å². The molecule has 0 radical (unpaired) electrons. The fraction of sp³-hybridized carbons (Fsp3) is 0.318. The summed E-state index contributed by atoms with van der Waals surface area (Å²) in [5, 5.41) is 5.25. The molecule has 0 spiro atoms. The average Bonchev–Trinajstić information content (AvgIpc) is 3.15. The molecule has 1 aliphatic rings. The molecule has 0 bridgehead atoms. The molecule has 0 aliphatic carbocycles. The number of rotatable bonds is 4. The van der Waals surface area contributed by atoms with E-state index in [0.717, 1.165) is 36.1 Å². The molecule has 1 aliphatic heterocycles. The van der Waals surface area contributed by atoms with Gasteiger partial charge in [0.05, 0.1) is 24.4 Å². The Morgan fingerprint density at radius 1 is 1.21 bits per heavy atom. The van der Waals surface area contributed by atoms with E-state index >= 15 is 0 Å². The van der Waals surface area contributed by atoms with E-state index in [1.165, 1.54) is 0 Å². The molecule has 1 aromatic carbocycles. The maximum absolute atomic E-state index is 13.5. The Hall–Kier alpha value is -2.86. The normalized spacial score (nSPS) is 16.7. The molecule has 3 heterocycles. The first-order valence-electron chi connectivity index (χ1n) is 9.67. The van der Waals surface area contributed by atoms with Crippen LogP contribution in [-0.2, 0) is 7.05 Å². The predicted octanol–water partition coefficient (Wildman–Crippen LogP) is 4.51. The molecular formula is C22H23ClN4O2. The van der Waals surface area contributed by atoms with Gasteiger partial charge in [-0.15, -0.1) is 0 Å². The first-order valence-corrected chi connectivity index (χ1v) is 10.0. The van der Waals surface area contributed by atoms with E-state index in [1.54, 1.807) is 37.7 Å². The number of aromatic nitrogens is 3. The van der Waals surface area contributed by atoms with Crippen LogP contribution in [0.25, 0.3) is 11.1 Å². The molecule has 6 nitrogen and oxygen atoms in total. The van der Waals surface area contributed by atoms with E-state index in [9.17, 15) is 4.79 Å². The summed E-state index contributed by atoms with van der Waals surface area (Å²) in [6.45, 7) is 0.672. The zero-order valence-corrected chi connectivity index (χ0v) is 17.3. The molecule has 3 aromatic rings. The molecule has 1 saturated heterocycles. The highest BCUT2D eigenvalue weighted by Gasteiger charge is 2.33. The highest BCUT2D eigenvalue weighted by atomic mass is 35.5. The second-order valence-corrected chi connectivity index (χ2v) is 7.63. The van der Waals surface area contributed by atoms with Crippen LogP contribution < -0.4 is 4.74 Å². The van der Waals surface area contributed by atoms with Gasteiger partial charge in [0.25, 0.3) is 5.91 Å². The van der Waals surface area contributed by atoms with E-state index in [4.69, 9.17) is 21.4 Å². The number of nitrogens with zero attached hydrogens (tertiary/aromatic N) is 4. The molecular weight excluding hydrogens is 388 g/mol. The standard InChI is InChI=1S/C22H23ClN4O2/c1-26-14-18(15-8-10-24-11-9-15)21(25-26)19-5-3-4-12-27(19)22(28)17-13-16(23)6-7-20(17)29-2/h6-11,13-14,19H,3-5,12H2,1-2H3. The number of likely N-dealkylation sites (tertiary alicyclic amines) is 1. The lowest BCUT2D eigenvalue weighted by Gasteiger charge is -2.35. The lowest BCUT2D eigenvalue weighted by Crippen LogP contribution is -2.39. The number of hydrogen-bond acceptors (Lipinski definition) is 4. The van der Waals surface area contributed by atoms with E-state index in [0.29, 0.717) is 22.9 Å². The topological polar surface area (TPSA) is 60.2 Å². The van der Waals surface area contributed by atoms with Crippen LogP contribution in [0.1, 0.15) is 41.4 Å². The average molecular weight is 411 g/mol. The number of hydrogen-bond donors (Lipinski definition) is 0. The SMILES string of the molecule is COc1ccc(Cl)cc1C(=O)N1CCCCC1c1nn(C)cc1-c1ccncc1. The minimum atomic E-state index is -0.107. The number of benzene rings is 1. The van der Waals surface area contributed by atoms with Crippen molar-refractivity contribution in [3.05, 3.63) is 65.2 Å². The number of methoxy groups -OCH3 is 1. The Morgan fingerprint density at radius 3 is 2.76 bits per heavy atom. The molecule has 0 saturated carbocycles. The first kappa shape index (κ1) is 19.5. The largest absolute Gasteiger partial charge is 0.496 e. The lowest BCUT2D eigenvalue weighted by molar-refractivity contribution is 0.0602. The molecule has 1 unspecified atom stereocenters. The third kappa shape index (κ3) is 3.85. The molecule has 1 atom stereocenters. The van der Waals surface area contributed by atoms with Gasteiger partial charge in [-0.05, 0) is 55.2 Å². The highest BCUT2D eigenvalue weighted by Crippen LogP contribution is 2.37. The minimum absolute atomic E-state index is 0.0830. The van der Waals surface area contributed by atoms with Gasteiger partial charge >= 0.3 is 0 Å². The number of aryl methyl sites for hydroxylation is 1. The van der Waals surface area contributed by atoms with E-state index in [-0.39, 0.29) is 11.9 Å². The molecule has 7 heteroatoms. The Bertz CT molecular complexity index is 1020. The second kappa shape index (κ2) is 8.25. The van der Waals surface area contributed by atoms with E-state index in [2.05, 4.69) is 4.98 Å². The van der Waals surface area contributed by atoms with Crippen LogP contribution in [0.5, 0.6) is 5.75 Å². The van der Waals surface area contributed by atoms with Gasteiger partial charge in [0, 0.05) is 42.8 Å². The van der Waals surface area contributed by atoms with Gasteiger partial charge in [-0.3, -0.25) is 14.5 Å². The molecule has 4 rings (SSSR count). The molecule has 0 N–H and O–H groups in total. The van der Waals surface area contributed by atoms with Crippen LogP contribution >= 0.6 is 11.6 Å². The molecule has 150 valence electrons. The Balaban J connectivity index is 1.75. The van der Waals surface area contributed by atoms with Gasteiger partial charge in [0.15, 0.2) is 0 Å². The quantitative estimate of drug-likeness (QED) is 0.634. The molecule has 2 aromatic heterocycles. The number of piperidine rings is 1. The first-order chi connectivity index (χ1) is 14.1. The maximum atomic E-state index is 13.5. The summed E-state index contributed by atoms with van der Waals surface area (Å²) in [5.74, 6) is 0.444. The van der Waals surface area contributed by atoms with Gasteiger partial charge in [-0.1, -0.05) is 11.6 Å². The third-order valence-electron chi connectivity index (χ3n) is 5.32. The fourth-order valence-corrected chi connectivity index (χ4v) is 4.14. The molecule has 1 amide bonds. The van der Waals surface area contributed by atoms with E-state index < -0.39 is 0 Å². The number of pyridine rings is 1. The Morgan fingerprint density at radius 2 is 2.00 bits per heavy atom. The van der Waals surface area contributed by atoms with Crippen molar-refractivity contribution < 1.29 is 9.53 Å². The number of amides is 1. The lowest BCUT2D eigenvalue weighted by atomic mass is 9.94.